The van der Waals surface area contributed by atoms with Crippen LogP contribution in [0.25, 0.3) is 0 Å². The summed E-state index contributed by atoms with van der Waals surface area (Å²) < 4.78 is 0. The maximum Gasteiger partial charge on any atom is 0.310 e. The summed E-state index contributed by atoms with van der Waals surface area (Å²) in [6, 6.07) is 0. The highest BCUT2D eigenvalue weighted by Crippen LogP contribution is 1.93. The van der Waals surface area contributed by atoms with Gasteiger partial charge in [0.05, 0.1) is 5.92 Å². The fourth-order valence-corrected chi connectivity index (χ4v) is 0.463. The van der Waals surface area contributed by atoms with Crippen molar-refractivity contribution in [3.8, 4) is 0 Å². The van der Waals surface area contributed by atoms with Crippen LogP contribution in [0.5, 0.6) is 0 Å². The summed E-state index contributed by atoms with van der Waals surface area (Å²) in [5.41, 5.74) is 0. The Labute approximate surface area is 48.7 Å². The van der Waals surface area contributed by atoms with Crippen molar-refractivity contribution in [2.24, 2.45) is 5.92 Å². The molecule has 0 amide bonds. The van der Waals surface area contributed by atoms with Crippen LogP contribution in [0.1, 0.15) is 13.8 Å². The number of rotatable bonds is 2. The molecule has 42 valence electrons. The van der Waals surface area contributed by atoms with Crippen LogP contribution in [-0.2, 0) is 0 Å². The normalized spacial score (nSPS) is 9.71. The van der Waals surface area contributed by atoms with Gasteiger partial charge in [-0.15, -0.1) is 11.6 Å². The molecule has 0 aromatic rings. The minimum atomic E-state index is 0.206. The number of ketones is 1. The van der Waals surface area contributed by atoms with E-state index in [2.05, 4.69) is 0 Å². The Morgan fingerprint density at radius 3 is 2.14 bits per heavy atom. The van der Waals surface area contributed by atoms with E-state index in [9.17, 15) is 0 Å². The summed E-state index contributed by atoms with van der Waals surface area (Å²) in [7, 11) is 0. The molecular formula is C5H10ClO+. The van der Waals surface area contributed by atoms with E-state index in [4.69, 9.17) is 16.4 Å². The first-order chi connectivity index (χ1) is 3.18. The van der Waals surface area contributed by atoms with Crippen molar-refractivity contribution in [2.45, 2.75) is 13.8 Å². The molecule has 0 heterocycles. The lowest BCUT2D eigenvalue weighted by atomic mass is 10.1. The maximum atomic E-state index is 8.72. The molecule has 0 fully saturated rings. The summed E-state index contributed by atoms with van der Waals surface area (Å²) in [6.45, 7) is 3.80. The topological polar surface area (TPSA) is 21.4 Å². The second kappa shape index (κ2) is 3.03. The first-order valence-corrected chi connectivity index (χ1v) is 2.82. The molecule has 0 radical (unpaired) electrons. The number of carbonyl (C=O) groups excluding carboxylic acids is 1. The number of hydrogen-bond donors (Lipinski definition) is 0. The van der Waals surface area contributed by atoms with E-state index in [-0.39, 0.29) is 11.8 Å². The van der Waals surface area contributed by atoms with Gasteiger partial charge in [0.1, 0.15) is 5.88 Å². The fraction of sp³-hybridized carbons (Fsp3) is 0.800. The maximum absolute atomic E-state index is 8.72. The van der Waals surface area contributed by atoms with Crippen molar-refractivity contribution in [3.63, 3.8) is 0 Å². The molecule has 1 N–H and O–H groups in total. The molecule has 0 aliphatic heterocycles. The van der Waals surface area contributed by atoms with Gasteiger partial charge in [-0.25, -0.2) is 0 Å². The SMILES string of the molecule is CC(C)C(=[OH+])CCl. The highest BCUT2D eigenvalue weighted by atomic mass is 35.5. The Bertz CT molecular complexity index is 68.5. The third-order valence-electron chi connectivity index (χ3n) is 0.803. The zero-order valence-electron chi connectivity index (χ0n) is 4.61. The van der Waals surface area contributed by atoms with Gasteiger partial charge in [0.25, 0.3) is 0 Å². The minimum Gasteiger partial charge on any atom is -0.282 e. The molecule has 2 heteroatoms. The standard InChI is InChI=1S/C5H9ClO/c1-4(2)5(7)3-6/h4H,3H2,1-2H3/p+1. The van der Waals surface area contributed by atoms with Gasteiger partial charge in [0, 0.05) is 0 Å². The van der Waals surface area contributed by atoms with Crippen LogP contribution in [0.2, 0.25) is 0 Å². The monoisotopic (exact) mass is 121 g/mol. The lowest BCUT2D eigenvalue weighted by Gasteiger charge is -1.88. The van der Waals surface area contributed by atoms with Gasteiger partial charge in [-0.2, -0.15) is 0 Å². The Hall–Kier alpha value is -0.0400. The average molecular weight is 122 g/mol. The zero-order valence-corrected chi connectivity index (χ0v) is 5.37. The highest BCUT2D eigenvalue weighted by molar-refractivity contribution is 6.28. The molecule has 0 unspecified atom stereocenters. The number of halogens is 1. The molecule has 0 bridgehead atoms. The van der Waals surface area contributed by atoms with E-state index >= 15 is 0 Å². The van der Waals surface area contributed by atoms with E-state index in [0.29, 0.717) is 5.78 Å². The molecule has 0 aliphatic rings. The van der Waals surface area contributed by atoms with Crippen molar-refractivity contribution < 1.29 is 4.79 Å². The molecule has 0 spiro atoms. The van der Waals surface area contributed by atoms with Crippen LogP contribution in [-0.4, -0.2) is 16.5 Å². The van der Waals surface area contributed by atoms with Crippen LogP contribution in [0.3, 0.4) is 0 Å². The van der Waals surface area contributed by atoms with Crippen molar-refractivity contribution in [3.05, 3.63) is 0 Å². The summed E-state index contributed by atoms with van der Waals surface area (Å²) in [5, 5.41) is 0. The van der Waals surface area contributed by atoms with Crippen LogP contribution in [0, 0.1) is 5.92 Å². The van der Waals surface area contributed by atoms with Crippen LogP contribution in [0.4, 0.5) is 0 Å². The summed E-state index contributed by atoms with van der Waals surface area (Å²) in [4.78, 5) is 8.72. The predicted molar refractivity (Wildman–Crippen MR) is 32.5 cm³/mol. The third-order valence-corrected chi connectivity index (χ3v) is 1.08. The molecule has 0 saturated carbocycles. The Morgan fingerprint density at radius 2 is 2.14 bits per heavy atom. The van der Waals surface area contributed by atoms with Crippen molar-refractivity contribution in [1.29, 1.82) is 0 Å². The Balaban J connectivity index is 3.35. The van der Waals surface area contributed by atoms with Crippen molar-refractivity contribution >= 4 is 17.4 Å². The summed E-state index contributed by atoms with van der Waals surface area (Å²) in [5.74, 6) is 0.830. The Morgan fingerprint density at radius 1 is 1.71 bits per heavy atom. The smallest absolute Gasteiger partial charge is 0.282 e. The van der Waals surface area contributed by atoms with Gasteiger partial charge in [0.2, 0.25) is 0 Å². The largest absolute Gasteiger partial charge is 0.310 e. The molecule has 7 heavy (non-hydrogen) atoms. The summed E-state index contributed by atoms with van der Waals surface area (Å²) >= 11 is 5.26. The molecule has 1 nitrogen and oxygen atoms in total. The third kappa shape index (κ3) is 2.63. The molecule has 0 saturated heterocycles. The van der Waals surface area contributed by atoms with Crippen molar-refractivity contribution in [2.75, 3.05) is 5.88 Å². The number of hydrogen-bond acceptors (Lipinski definition) is 0. The van der Waals surface area contributed by atoms with Gasteiger partial charge >= 0.3 is 5.78 Å². The molecule has 0 aromatic heterocycles. The minimum absolute atomic E-state index is 0.206. The first kappa shape index (κ1) is 6.96. The van der Waals surface area contributed by atoms with Gasteiger partial charge in [-0.3, -0.25) is 4.79 Å². The van der Waals surface area contributed by atoms with Crippen LogP contribution in [0.15, 0.2) is 0 Å². The average Bonchev–Trinajstić information content (AvgIpc) is 1.65. The molecule has 0 aliphatic carbocycles. The van der Waals surface area contributed by atoms with Gasteiger partial charge in [-0.05, 0) is 0 Å². The quantitative estimate of drug-likeness (QED) is 0.390. The van der Waals surface area contributed by atoms with E-state index < -0.39 is 0 Å². The lowest BCUT2D eigenvalue weighted by Crippen LogP contribution is -2.07. The van der Waals surface area contributed by atoms with E-state index in [1.807, 2.05) is 13.8 Å². The molecule has 0 aromatic carbocycles. The van der Waals surface area contributed by atoms with E-state index in [1.54, 1.807) is 0 Å². The fourth-order valence-electron chi connectivity index (χ4n) is 0.154. The molecular weight excluding hydrogens is 112 g/mol. The van der Waals surface area contributed by atoms with Gasteiger partial charge in [0.15, 0.2) is 0 Å². The lowest BCUT2D eigenvalue weighted by molar-refractivity contribution is 0.626. The summed E-state index contributed by atoms with van der Waals surface area (Å²) in [6.07, 6.45) is 0. The molecule has 0 rings (SSSR count). The van der Waals surface area contributed by atoms with E-state index in [0.717, 1.165) is 0 Å². The second-order valence-electron chi connectivity index (χ2n) is 1.78. The van der Waals surface area contributed by atoms with Gasteiger partial charge in [-0.1, -0.05) is 13.8 Å². The van der Waals surface area contributed by atoms with Crippen LogP contribution >= 0.6 is 11.6 Å². The van der Waals surface area contributed by atoms with Gasteiger partial charge < -0.3 is 0 Å². The first-order valence-electron chi connectivity index (χ1n) is 2.29. The zero-order chi connectivity index (χ0) is 5.86. The van der Waals surface area contributed by atoms with E-state index in [1.165, 1.54) is 0 Å². The second-order valence-corrected chi connectivity index (χ2v) is 2.05. The van der Waals surface area contributed by atoms with Crippen LogP contribution < -0.4 is 0 Å². The number of alkyl halides is 1. The van der Waals surface area contributed by atoms with Crippen molar-refractivity contribution in [1.82, 2.24) is 0 Å². The predicted octanol–water partition coefficient (Wildman–Crippen LogP) is 1.43. The highest BCUT2D eigenvalue weighted by Gasteiger charge is 2.10. The Kier molecular flexibility index (Phi) is 3.01. The molecule has 0 atom stereocenters.